The minimum atomic E-state index is -3.37. The zero-order valence-electron chi connectivity index (χ0n) is 13.2. The standard InChI is InChI=1S/C15H18N2O5S2/c1-21-15(18)13-5-4-12(22-13)11-16-6-8-17(9-7-16)24(19,20)14-3-2-10-23-14/h2-5,10H,6-9,11H2,1H3/p+1. The van der Waals surface area contributed by atoms with Gasteiger partial charge in [-0.15, -0.1) is 11.3 Å². The van der Waals surface area contributed by atoms with Crippen LogP contribution >= 0.6 is 11.3 Å². The topological polar surface area (TPSA) is 81.3 Å². The van der Waals surface area contributed by atoms with E-state index in [2.05, 4.69) is 4.74 Å². The molecule has 0 atom stereocenters. The first-order valence-electron chi connectivity index (χ1n) is 7.55. The van der Waals surface area contributed by atoms with Crippen LogP contribution in [-0.2, 0) is 21.3 Å². The molecule has 0 saturated carbocycles. The van der Waals surface area contributed by atoms with Crippen molar-refractivity contribution in [1.82, 2.24) is 4.31 Å². The van der Waals surface area contributed by atoms with Crippen molar-refractivity contribution >= 4 is 27.3 Å². The fourth-order valence-electron chi connectivity index (χ4n) is 2.69. The van der Waals surface area contributed by atoms with Gasteiger partial charge in [-0.05, 0) is 23.6 Å². The van der Waals surface area contributed by atoms with Gasteiger partial charge in [0.1, 0.15) is 10.8 Å². The van der Waals surface area contributed by atoms with Crippen molar-refractivity contribution in [2.75, 3.05) is 33.3 Å². The second-order valence-electron chi connectivity index (χ2n) is 5.52. The number of methoxy groups -OCH3 is 1. The third-order valence-electron chi connectivity index (χ3n) is 3.99. The van der Waals surface area contributed by atoms with Crippen LogP contribution in [0, 0.1) is 0 Å². The average molecular weight is 371 g/mol. The molecule has 0 bridgehead atoms. The lowest BCUT2D eigenvalue weighted by atomic mass is 10.3. The Hall–Kier alpha value is -1.68. The van der Waals surface area contributed by atoms with Gasteiger partial charge in [-0.2, -0.15) is 4.31 Å². The molecule has 1 N–H and O–H groups in total. The van der Waals surface area contributed by atoms with E-state index < -0.39 is 16.0 Å². The summed E-state index contributed by atoms with van der Waals surface area (Å²) < 4.78 is 37.0. The van der Waals surface area contributed by atoms with E-state index in [0.29, 0.717) is 42.7 Å². The van der Waals surface area contributed by atoms with Crippen LogP contribution < -0.4 is 4.90 Å². The van der Waals surface area contributed by atoms with Crippen molar-refractivity contribution in [3.63, 3.8) is 0 Å². The summed E-state index contributed by atoms with van der Waals surface area (Å²) in [6.07, 6.45) is 0. The summed E-state index contributed by atoms with van der Waals surface area (Å²) in [5.74, 6) is 0.383. The zero-order valence-corrected chi connectivity index (χ0v) is 14.9. The Kier molecular flexibility index (Phi) is 5.04. The lowest BCUT2D eigenvalue weighted by molar-refractivity contribution is -0.918. The van der Waals surface area contributed by atoms with Gasteiger partial charge in [-0.1, -0.05) is 6.07 Å². The molecule has 1 saturated heterocycles. The van der Waals surface area contributed by atoms with Crippen LogP contribution in [0.1, 0.15) is 16.3 Å². The minimum absolute atomic E-state index is 0.186. The van der Waals surface area contributed by atoms with E-state index in [0.717, 1.165) is 0 Å². The highest BCUT2D eigenvalue weighted by Crippen LogP contribution is 2.20. The van der Waals surface area contributed by atoms with Crippen LogP contribution in [0.3, 0.4) is 0 Å². The summed E-state index contributed by atoms with van der Waals surface area (Å²) in [7, 11) is -2.06. The van der Waals surface area contributed by atoms with Crippen molar-refractivity contribution < 1.29 is 27.3 Å². The molecule has 1 fully saturated rings. The van der Waals surface area contributed by atoms with Crippen molar-refractivity contribution in [2.45, 2.75) is 10.8 Å². The number of furan rings is 1. The SMILES string of the molecule is COC(=O)c1ccc(C[NH+]2CCN(S(=O)(=O)c3cccs3)CC2)o1. The minimum Gasteiger partial charge on any atom is -0.463 e. The molecular weight excluding hydrogens is 352 g/mol. The molecule has 2 aromatic rings. The molecule has 0 spiro atoms. The normalized spacial score (nSPS) is 17.0. The van der Waals surface area contributed by atoms with Crippen molar-refractivity contribution in [3.8, 4) is 0 Å². The van der Waals surface area contributed by atoms with Crippen LogP contribution in [0.15, 0.2) is 38.3 Å². The van der Waals surface area contributed by atoms with Gasteiger partial charge in [0.2, 0.25) is 5.76 Å². The molecule has 0 aromatic carbocycles. The lowest BCUT2D eigenvalue weighted by Crippen LogP contribution is -3.13. The van der Waals surface area contributed by atoms with E-state index in [9.17, 15) is 13.2 Å². The number of piperazine rings is 1. The van der Waals surface area contributed by atoms with E-state index in [1.54, 1.807) is 29.6 Å². The van der Waals surface area contributed by atoms with Crippen molar-refractivity contribution in [3.05, 3.63) is 41.2 Å². The van der Waals surface area contributed by atoms with Gasteiger partial charge in [-0.3, -0.25) is 0 Å². The van der Waals surface area contributed by atoms with Crippen LogP contribution in [-0.4, -0.2) is 52.0 Å². The van der Waals surface area contributed by atoms with Crippen molar-refractivity contribution in [1.29, 1.82) is 0 Å². The fraction of sp³-hybridized carbons (Fsp3) is 0.400. The number of hydrogen-bond acceptors (Lipinski definition) is 6. The summed E-state index contributed by atoms with van der Waals surface area (Å²) in [4.78, 5) is 12.6. The molecule has 1 aliphatic heterocycles. The van der Waals surface area contributed by atoms with Gasteiger partial charge < -0.3 is 14.1 Å². The molecule has 3 heterocycles. The molecule has 0 unspecified atom stereocenters. The Labute approximate surface area is 144 Å². The third-order valence-corrected chi connectivity index (χ3v) is 7.26. The summed E-state index contributed by atoms with van der Waals surface area (Å²) >= 11 is 1.24. The molecule has 24 heavy (non-hydrogen) atoms. The van der Waals surface area contributed by atoms with E-state index in [-0.39, 0.29) is 5.76 Å². The smallest absolute Gasteiger partial charge is 0.373 e. The Morgan fingerprint density at radius 1 is 1.33 bits per heavy atom. The third kappa shape index (κ3) is 3.54. The summed E-state index contributed by atoms with van der Waals surface area (Å²) in [5.41, 5.74) is 0. The Morgan fingerprint density at radius 3 is 2.71 bits per heavy atom. The number of ether oxygens (including phenoxy) is 1. The molecule has 0 amide bonds. The maximum Gasteiger partial charge on any atom is 0.373 e. The number of sulfonamides is 1. The number of rotatable bonds is 5. The maximum absolute atomic E-state index is 12.5. The quantitative estimate of drug-likeness (QED) is 0.761. The van der Waals surface area contributed by atoms with Gasteiger partial charge in [0.25, 0.3) is 10.0 Å². The lowest BCUT2D eigenvalue weighted by Gasteiger charge is -2.30. The monoisotopic (exact) mass is 371 g/mol. The molecule has 0 radical (unpaired) electrons. The predicted molar refractivity (Wildman–Crippen MR) is 87.5 cm³/mol. The van der Waals surface area contributed by atoms with Crippen LogP contribution in [0.25, 0.3) is 0 Å². The molecule has 9 heteroatoms. The summed E-state index contributed by atoms with van der Waals surface area (Å²) in [6.45, 7) is 2.95. The number of nitrogens with one attached hydrogen (secondary N) is 1. The highest BCUT2D eigenvalue weighted by Gasteiger charge is 2.31. The Morgan fingerprint density at radius 2 is 2.08 bits per heavy atom. The first-order chi connectivity index (χ1) is 11.5. The molecular formula is C15H19N2O5S2+. The van der Waals surface area contributed by atoms with E-state index >= 15 is 0 Å². The van der Waals surface area contributed by atoms with Crippen LogP contribution in [0.2, 0.25) is 0 Å². The highest BCUT2D eigenvalue weighted by molar-refractivity contribution is 7.91. The van der Waals surface area contributed by atoms with Gasteiger partial charge >= 0.3 is 5.97 Å². The number of thiophene rings is 1. The van der Waals surface area contributed by atoms with Crippen molar-refractivity contribution in [2.24, 2.45) is 0 Å². The number of quaternary nitrogens is 1. The molecule has 0 aliphatic carbocycles. The van der Waals surface area contributed by atoms with Crippen LogP contribution in [0.5, 0.6) is 0 Å². The number of nitrogens with zero attached hydrogens (tertiary/aromatic N) is 1. The van der Waals surface area contributed by atoms with Gasteiger partial charge in [-0.25, -0.2) is 13.2 Å². The van der Waals surface area contributed by atoms with E-state index in [4.69, 9.17) is 4.42 Å². The van der Waals surface area contributed by atoms with Gasteiger partial charge in [0.05, 0.1) is 33.3 Å². The second kappa shape index (κ2) is 7.06. The molecule has 7 nitrogen and oxygen atoms in total. The number of esters is 1. The first kappa shape index (κ1) is 17.2. The number of carbonyl (C=O) groups is 1. The van der Waals surface area contributed by atoms with Gasteiger partial charge in [0, 0.05) is 0 Å². The van der Waals surface area contributed by atoms with E-state index in [1.165, 1.54) is 27.7 Å². The average Bonchev–Trinajstić information content (AvgIpc) is 3.26. The Balaban J connectivity index is 1.58. The number of hydrogen-bond donors (Lipinski definition) is 1. The molecule has 2 aromatic heterocycles. The Bertz CT molecular complexity index is 790. The zero-order chi connectivity index (χ0) is 17.2. The fourth-order valence-corrected chi connectivity index (χ4v) is 5.27. The number of carbonyl (C=O) groups excluding carboxylic acids is 1. The first-order valence-corrected chi connectivity index (χ1v) is 9.87. The summed E-state index contributed by atoms with van der Waals surface area (Å²) in [5, 5.41) is 1.77. The molecule has 1 aliphatic rings. The molecule has 130 valence electrons. The van der Waals surface area contributed by atoms with E-state index in [1.807, 2.05) is 0 Å². The predicted octanol–water partition coefficient (Wildman–Crippen LogP) is 0.217. The van der Waals surface area contributed by atoms with Crippen LogP contribution in [0.4, 0.5) is 0 Å². The summed E-state index contributed by atoms with van der Waals surface area (Å²) in [6, 6.07) is 6.73. The maximum atomic E-state index is 12.5. The van der Waals surface area contributed by atoms with Gasteiger partial charge in [0.15, 0.2) is 5.76 Å². The molecule has 3 rings (SSSR count). The largest absolute Gasteiger partial charge is 0.463 e. The second-order valence-corrected chi connectivity index (χ2v) is 8.63. The highest BCUT2D eigenvalue weighted by atomic mass is 32.2.